The number of alkyl carbamates (subject to hydrolysis) is 1. The van der Waals surface area contributed by atoms with Gasteiger partial charge in [-0.25, -0.2) is 13.6 Å². The van der Waals surface area contributed by atoms with Gasteiger partial charge in [0, 0.05) is 27.7 Å². The SMILES string of the molecule is COC(=O)NCC(=O)[C@@]12ON(c3ccc(Cl)cc3)C[C@@H]1C[C@H]1[C@@H]3C[C@H](F)C4=CC(=O)C=C[C@]4(C)[C@@]3(F)[C@@H](O)C[C@@]12C. The molecule has 1 aromatic carbocycles. The van der Waals surface area contributed by atoms with E-state index in [0.717, 1.165) is 6.08 Å². The number of anilines is 1. The minimum Gasteiger partial charge on any atom is -0.453 e. The predicted octanol–water partition coefficient (Wildman–Crippen LogP) is 4.30. The fourth-order valence-corrected chi connectivity index (χ4v) is 8.99. The molecule has 1 heterocycles. The standard InChI is InChI=1S/C30H33ClF2N2O6/c1-27-9-8-19(36)11-22(27)23(32)12-21-20-10-16-15-35(18-6-4-17(31)5-7-18)41-30(16,25(38)14-34-26(39)40-3)28(20,2)13-24(37)29(21,27)33/h4-9,11,16,20-21,23-24,37H,10,12-15H2,1-3H3,(H,34,39)/t16-,20-,21-,23-,24-,27-,28-,29-,30-/m0/s1. The number of carbonyl (C=O) groups is 3. The number of alkyl halides is 2. The van der Waals surface area contributed by atoms with Gasteiger partial charge in [-0.3, -0.25) is 19.5 Å². The second kappa shape index (κ2) is 9.34. The molecule has 1 aliphatic heterocycles. The number of ether oxygens (including phenoxy) is 1. The van der Waals surface area contributed by atoms with Gasteiger partial charge in [-0.2, -0.15) is 0 Å². The number of Topliss-reactive ketones (excluding diaryl/α,β-unsaturated/α-hetero) is 1. The summed E-state index contributed by atoms with van der Waals surface area (Å²) in [5.74, 6) is -2.77. The van der Waals surface area contributed by atoms with Gasteiger partial charge in [0.05, 0.1) is 32.0 Å². The van der Waals surface area contributed by atoms with Gasteiger partial charge >= 0.3 is 6.09 Å². The summed E-state index contributed by atoms with van der Waals surface area (Å²) in [7, 11) is 1.19. The van der Waals surface area contributed by atoms with Crippen LogP contribution in [0.3, 0.4) is 0 Å². The van der Waals surface area contributed by atoms with E-state index in [1.165, 1.54) is 19.3 Å². The lowest BCUT2D eigenvalue weighted by molar-refractivity contribution is -0.227. The summed E-state index contributed by atoms with van der Waals surface area (Å²) in [5.41, 5.74) is -5.74. The van der Waals surface area contributed by atoms with Gasteiger partial charge in [-0.15, -0.1) is 0 Å². The average Bonchev–Trinajstić information content (AvgIpc) is 3.44. The number of hydroxylamine groups is 1. The molecule has 8 nitrogen and oxygen atoms in total. The molecule has 0 unspecified atom stereocenters. The molecule has 220 valence electrons. The fourth-order valence-electron chi connectivity index (χ4n) is 8.87. The molecule has 0 aromatic heterocycles. The number of fused-ring (bicyclic) bond motifs is 7. The highest BCUT2D eigenvalue weighted by Crippen LogP contribution is 2.72. The number of benzene rings is 1. The van der Waals surface area contributed by atoms with Gasteiger partial charge in [0.15, 0.2) is 22.8 Å². The third-order valence-electron chi connectivity index (χ3n) is 10.7. The summed E-state index contributed by atoms with van der Waals surface area (Å²) < 4.78 is 38.0. The van der Waals surface area contributed by atoms with E-state index in [4.69, 9.17) is 16.4 Å². The molecule has 1 amide bonds. The molecule has 3 saturated carbocycles. The molecular formula is C30H33ClF2N2O6. The average molecular weight is 591 g/mol. The zero-order valence-corrected chi connectivity index (χ0v) is 23.8. The van der Waals surface area contributed by atoms with Crippen LogP contribution >= 0.6 is 11.6 Å². The van der Waals surface area contributed by atoms with Crippen LogP contribution in [0.15, 0.2) is 48.1 Å². The van der Waals surface area contributed by atoms with E-state index in [2.05, 4.69) is 10.1 Å². The maximum Gasteiger partial charge on any atom is 0.407 e. The van der Waals surface area contributed by atoms with Crippen molar-refractivity contribution in [2.75, 3.05) is 25.3 Å². The topological polar surface area (TPSA) is 105 Å². The van der Waals surface area contributed by atoms with E-state index >= 15 is 8.78 Å². The monoisotopic (exact) mass is 590 g/mol. The normalized spacial score (nSPS) is 42.5. The highest BCUT2D eigenvalue weighted by atomic mass is 35.5. The number of aliphatic hydroxyl groups is 1. The van der Waals surface area contributed by atoms with Crippen molar-refractivity contribution in [1.82, 2.24) is 5.32 Å². The minimum absolute atomic E-state index is 0.0443. The van der Waals surface area contributed by atoms with Crippen LogP contribution in [0.4, 0.5) is 19.3 Å². The van der Waals surface area contributed by atoms with Crippen LogP contribution in [0.2, 0.25) is 5.02 Å². The Balaban J connectivity index is 1.43. The van der Waals surface area contributed by atoms with Crippen LogP contribution in [0, 0.1) is 28.6 Å². The Morgan fingerprint density at radius 2 is 1.93 bits per heavy atom. The third kappa shape index (κ3) is 3.66. The Hall–Kier alpha value is -2.82. The minimum atomic E-state index is -2.27. The van der Waals surface area contributed by atoms with Crippen LogP contribution in [0.1, 0.15) is 33.1 Å². The molecule has 0 radical (unpaired) electrons. The number of aliphatic hydroxyl groups excluding tert-OH is 1. The Bertz CT molecular complexity index is 1370. The van der Waals surface area contributed by atoms with Crippen LogP contribution in [-0.2, 0) is 19.2 Å². The highest BCUT2D eigenvalue weighted by molar-refractivity contribution is 6.30. The maximum atomic E-state index is 17.6. The number of nitrogens with one attached hydrogen (secondary N) is 1. The number of methoxy groups -OCH3 is 1. The zero-order valence-electron chi connectivity index (χ0n) is 23.0. The number of rotatable bonds is 4. The van der Waals surface area contributed by atoms with Crippen LogP contribution in [0.5, 0.6) is 0 Å². The molecule has 5 aliphatic rings. The summed E-state index contributed by atoms with van der Waals surface area (Å²) in [5, 5.41) is 16.3. The first kappa shape index (κ1) is 28.3. The van der Waals surface area contributed by atoms with Crippen LogP contribution < -0.4 is 10.4 Å². The highest BCUT2D eigenvalue weighted by Gasteiger charge is 2.79. The summed E-state index contributed by atoms with van der Waals surface area (Å²) in [6.45, 7) is 3.24. The molecule has 4 aliphatic carbocycles. The van der Waals surface area contributed by atoms with Gasteiger partial charge in [0.25, 0.3) is 0 Å². The van der Waals surface area contributed by atoms with Gasteiger partial charge in [-0.1, -0.05) is 24.6 Å². The Morgan fingerprint density at radius 3 is 2.61 bits per heavy atom. The molecule has 1 aromatic rings. The number of hydrogen-bond acceptors (Lipinski definition) is 7. The van der Waals surface area contributed by atoms with Gasteiger partial charge in [0.1, 0.15) is 6.17 Å². The Morgan fingerprint density at radius 1 is 1.22 bits per heavy atom. The first-order chi connectivity index (χ1) is 19.3. The largest absolute Gasteiger partial charge is 0.453 e. The molecule has 41 heavy (non-hydrogen) atoms. The molecule has 4 fully saturated rings. The predicted molar refractivity (Wildman–Crippen MR) is 146 cm³/mol. The fraction of sp³-hybridized carbons (Fsp3) is 0.567. The van der Waals surface area contributed by atoms with Crippen molar-refractivity contribution in [2.24, 2.45) is 28.6 Å². The van der Waals surface area contributed by atoms with Crippen molar-refractivity contribution < 1.29 is 37.8 Å². The first-order valence-electron chi connectivity index (χ1n) is 13.9. The molecule has 11 heteroatoms. The summed E-state index contributed by atoms with van der Waals surface area (Å²) in [6.07, 6.45) is -0.194. The number of nitrogens with zero attached hydrogens (tertiary/aromatic N) is 1. The van der Waals surface area contributed by atoms with Crippen molar-refractivity contribution in [3.63, 3.8) is 0 Å². The van der Waals surface area contributed by atoms with Crippen molar-refractivity contribution in [3.8, 4) is 0 Å². The first-order valence-corrected chi connectivity index (χ1v) is 14.2. The number of ketones is 2. The van der Waals surface area contributed by atoms with Crippen molar-refractivity contribution in [2.45, 2.75) is 56.7 Å². The molecule has 0 spiro atoms. The van der Waals surface area contributed by atoms with E-state index in [-0.39, 0.29) is 25.0 Å². The number of halogens is 3. The van der Waals surface area contributed by atoms with E-state index in [9.17, 15) is 19.5 Å². The number of amides is 1. The molecule has 9 atom stereocenters. The Labute approximate surface area is 241 Å². The quantitative estimate of drug-likeness (QED) is 0.539. The number of allylic oxidation sites excluding steroid dienone is 4. The molecular weight excluding hydrogens is 558 g/mol. The van der Waals surface area contributed by atoms with E-state index in [1.807, 2.05) is 6.92 Å². The maximum absolute atomic E-state index is 17.6. The van der Waals surface area contributed by atoms with Gasteiger partial charge in [-0.05, 0) is 74.1 Å². The molecule has 6 rings (SSSR count). The number of carbonyl (C=O) groups excluding carboxylic acids is 3. The lowest BCUT2D eigenvalue weighted by Gasteiger charge is -2.63. The summed E-state index contributed by atoms with van der Waals surface area (Å²) in [4.78, 5) is 44.7. The van der Waals surface area contributed by atoms with E-state index in [0.29, 0.717) is 17.1 Å². The lowest BCUT2D eigenvalue weighted by Crippen LogP contribution is -2.71. The van der Waals surface area contributed by atoms with Gasteiger partial charge in [0.2, 0.25) is 0 Å². The number of hydrogen-bond donors (Lipinski definition) is 2. The smallest absolute Gasteiger partial charge is 0.407 e. The van der Waals surface area contributed by atoms with E-state index in [1.54, 1.807) is 36.3 Å². The zero-order chi connectivity index (χ0) is 29.5. The molecule has 2 N–H and O–H groups in total. The lowest BCUT2D eigenvalue weighted by atomic mass is 9.44. The third-order valence-corrected chi connectivity index (χ3v) is 11.0. The molecule has 1 saturated heterocycles. The summed E-state index contributed by atoms with van der Waals surface area (Å²) in [6, 6.07) is 6.92. The van der Waals surface area contributed by atoms with Crippen molar-refractivity contribution in [3.05, 3.63) is 53.1 Å². The van der Waals surface area contributed by atoms with Crippen LogP contribution in [0.25, 0.3) is 0 Å². The van der Waals surface area contributed by atoms with Crippen molar-refractivity contribution in [1.29, 1.82) is 0 Å². The van der Waals surface area contributed by atoms with Gasteiger partial charge < -0.3 is 15.2 Å². The summed E-state index contributed by atoms with van der Waals surface area (Å²) >= 11 is 6.08. The Kier molecular flexibility index (Phi) is 6.45. The van der Waals surface area contributed by atoms with E-state index < -0.39 is 76.3 Å². The second-order valence-electron chi connectivity index (χ2n) is 12.4. The molecule has 0 bridgehead atoms. The van der Waals surface area contributed by atoms with Crippen molar-refractivity contribution >= 4 is 34.9 Å². The van der Waals surface area contributed by atoms with Crippen LogP contribution in [-0.4, -0.2) is 66.5 Å². The second-order valence-corrected chi connectivity index (χ2v) is 12.9.